The number of aromatic nitrogens is 4. The van der Waals surface area contributed by atoms with E-state index in [4.69, 9.17) is 25.2 Å². The van der Waals surface area contributed by atoms with Gasteiger partial charge < -0.3 is 40.3 Å². The molecule has 3 rings (SSSR count). The van der Waals surface area contributed by atoms with Gasteiger partial charge in [-0.2, -0.15) is 13.6 Å². The average molecular weight is 575 g/mol. The van der Waals surface area contributed by atoms with Crippen molar-refractivity contribution in [1.29, 1.82) is 0 Å². The van der Waals surface area contributed by atoms with Gasteiger partial charge in [-0.3, -0.25) is 18.9 Å². The van der Waals surface area contributed by atoms with Gasteiger partial charge in [-0.25, -0.2) is 18.7 Å². The molecule has 6 atom stereocenters. The number of phosphoric acid groups is 3. The minimum atomic E-state index is -5.73. The molecule has 9 N–H and O–H groups in total. The van der Waals surface area contributed by atoms with E-state index in [0.29, 0.717) is 0 Å². The molecular formula is C10H16CrN5O14P3. The fourth-order valence-corrected chi connectivity index (χ4v) is 5.73. The number of ether oxygens (including phenoxy) is 1. The number of imidazole rings is 1. The molecule has 0 aromatic carbocycles. The summed E-state index contributed by atoms with van der Waals surface area (Å²) in [5.74, 6) is -0.276. The Morgan fingerprint density at radius 3 is 2.36 bits per heavy atom. The van der Waals surface area contributed by atoms with E-state index in [1.807, 2.05) is 0 Å². The van der Waals surface area contributed by atoms with Gasteiger partial charge in [0.2, 0.25) is 5.95 Å². The number of hydrogen-bond donors (Lipinski definition) is 8. The van der Waals surface area contributed by atoms with E-state index < -0.39 is 60.2 Å². The van der Waals surface area contributed by atoms with Gasteiger partial charge in [0, 0.05) is 17.4 Å². The van der Waals surface area contributed by atoms with Crippen molar-refractivity contribution in [3.8, 4) is 0 Å². The fraction of sp³-hybridized carbons (Fsp3) is 0.500. The van der Waals surface area contributed by atoms with Crippen molar-refractivity contribution in [3.05, 3.63) is 16.7 Å². The van der Waals surface area contributed by atoms with Gasteiger partial charge >= 0.3 is 23.5 Å². The summed E-state index contributed by atoms with van der Waals surface area (Å²) >= 11 is 0. The van der Waals surface area contributed by atoms with Gasteiger partial charge in [-0.15, -0.1) is 0 Å². The molecule has 33 heavy (non-hydrogen) atoms. The summed E-state index contributed by atoms with van der Waals surface area (Å²) in [5.41, 5.74) is 4.50. The number of phosphoric ester groups is 1. The van der Waals surface area contributed by atoms with Crippen LogP contribution in [0.25, 0.3) is 11.2 Å². The van der Waals surface area contributed by atoms with E-state index >= 15 is 0 Å². The van der Waals surface area contributed by atoms with Crippen LogP contribution in [0.4, 0.5) is 5.95 Å². The molecule has 0 spiro atoms. The number of nitrogen functional groups attached to an aromatic ring is 1. The van der Waals surface area contributed by atoms with Crippen molar-refractivity contribution in [2.75, 3.05) is 12.3 Å². The molecule has 2 aromatic rings. The molecule has 1 aliphatic heterocycles. The number of aliphatic hydroxyl groups excluding tert-OH is 2. The Morgan fingerprint density at radius 1 is 1.12 bits per heavy atom. The second-order valence-corrected chi connectivity index (χ2v) is 10.6. The van der Waals surface area contributed by atoms with Crippen LogP contribution in [0.3, 0.4) is 0 Å². The number of hydrogen-bond acceptors (Lipinski definition) is 13. The Labute approximate surface area is 192 Å². The molecule has 2 unspecified atom stereocenters. The molecule has 0 bridgehead atoms. The number of anilines is 1. The number of fused-ring (bicyclic) bond motifs is 1. The van der Waals surface area contributed by atoms with Crippen molar-refractivity contribution < 1.29 is 78.7 Å². The van der Waals surface area contributed by atoms with E-state index in [1.165, 1.54) is 0 Å². The summed E-state index contributed by atoms with van der Waals surface area (Å²) in [6, 6.07) is 0. The van der Waals surface area contributed by atoms with Gasteiger partial charge in [-0.05, 0) is 0 Å². The minimum absolute atomic E-state index is 0. The van der Waals surface area contributed by atoms with Gasteiger partial charge in [0.15, 0.2) is 17.4 Å². The van der Waals surface area contributed by atoms with Crippen LogP contribution in [0.2, 0.25) is 0 Å². The molecule has 3 heterocycles. The van der Waals surface area contributed by atoms with Crippen LogP contribution in [-0.2, 0) is 48.9 Å². The van der Waals surface area contributed by atoms with Crippen molar-refractivity contribution in [2.24, 2.45) is 0 Å². The second kappa shape index (κ2) is 9.92. The molecular weight excluding hydrogens is 559 g/mol. The summed E-state index contributed by atoms with van der Waals surface area (Å²) < 4.78 is 51.6. The summed E-state index contributed by atoms with van der Waals surface area (Å²) in [5, 5.41) is 20.4. The number of nitrogens with one attached hydrogen (secondary N) is 1. The normalized spacial score (nSPS) is 27.1. The summed E-state index contributed by atoms with van der Waals surface area (Å²) in [4.78, 5) is 57.3. The van der Waals surface area contributed by atoms with Crippen LogP contribution in [0.15, 0.2) is 11.1 Å². The number of aliphatic hydroxyl groups is 2. The first kappa shape index (κ1) is 28.2. The van der Waals surface area contributed by atoms with Crippen LogP contribution in [0.1, 0.15) is 6.23 Å². The molecule has 0 saturated carbocycles. The molecule has 1 saturated heterocycles. The first-order chi connectivity index (χ1) is 14.6. The number of nitrogens with two attached hydrogens (primary N) is 1. The maximum atomic E-state index is 11.9. The van der Waals surface area contributed by atoms with E-state index in [0.717, 1.165) is 10.9 Å². The average Bonchev–Trinajstić information content (AvgIpc) is 3.12. The third-order valence-corrected chi connectivity index (χ3v) is 7.68. The number of aromatic amines is 1. The van der Waals surface area contributed by atoms with Gasteiger partial charge in [0.1, 0.15) is 18.3 Å². The smallest absolute Gasteiger partial charge is 0.387 e. The van der Waals surface area contributed by atoms with Crippen LogP contribution in [-0.4, -0.2) is 74.2 Å². The van der Waals surface area contributed by atoms with Crippen LogP contribution >= 0.6 is 23.5 Å². The fourth-order valence-electron chi connectivity index (χ4n) is 2.70. The van der Waals surface area contributed by atoms with Gasteiger partial charge in [0.05, 0.1) is 12.9 Å². The quantitative estimate of drug-likeness (QED) is 0.153. The summed E-state index contributed by atoms with van der Waals surface area (Å²) in [6.07, 6.45) is -5.33. The SMILES string of the molecule is Nc1nc2c(ncn2[C@H]2O[C@@H](COP(=O)(O)OP(=O)(O)OP(=O)(O)O)[C@H](O)[C@@H]2O)c(=O)[nH]1.[Cr]. The molecule has 0 radical (unpaired) electrons. The number of nitrogens with zero attached hydrogens (tertiary/aromatic N) is 3. The topological polar surface area (TPSA) is 299 Å². The standard InChI is InChI=1S/C10H16N5O14P3.Cr/c11-10-13-7-4(8(18)14-10)12-2-15(7)9-6(17)5(16)3(27-9)1-26-31(22,23)29-32(24,25)28-30(19,20)21;/h2-3,5-6,9,16-17H,1H2,(H,22,23)(H,24,25)(H2,19,20,21)(H3,11,13,14,18);/t3-,5-,6-,9-;/m0./s1. The molecule has 19 nitrogen and oxygen atoms in total. The molecule has 1 fully saturated rings. The number of H-pyrrole nitrogens is 1. The Morgan fingerprint density at radius 2 is 1.76 bits per heavy atom. The predicted molar refractivity (Wildman–Crippen MR) is 98.3 cm³/mol. The largest absolute Gasteiger partial charge is 0.490 e. The van der Waals surface area contributed by atoms with Crippen LogP contribution < -0.4 is 11.3 Å². The van der Waals surface area contributed by atoms with Crippen LogP contribution in [0.5, 0.6) is 0 Å². The van der Waals surface area contributed by atoms with E-state index in [9.17, 15) is 33.6 Å². The second-order valence-electron chi connectivity index (χ2n) is 6.21. The van der Waals surface area contributed by atoms with E-state index in [2.05, 4.69) is 28.1 Å². The zero-order valence-electron chi connectivity index (χ0n) is 15.7. The molecule has 23 heteroatoms. The minimum Gasteiger partial charge on any atom is -0.387 e. The maximum absolute atomic E-state index is 11.9. The van der Waals surface area contributed by atoms with Crippen LogP contribution in [0, 0.1) is 0 Å². The van der Waals surface area contributed by atoms with Gasteiger partial charge in [-0.1, -0.05) is 0 Å². The van der Waals surface area contributed by atoms with E-state index in [1.54, 1.807) is 0 Å². The van der Waals surface area contributed by atoms with Crippen molar-refractivity contribution in [1.82, 2.24) is 19.5 Å². The zero-order valence-corrected chi connectivity index (χ0v) is 19.7. The zero-order chi connectivity index (χ0) is 24.1. The van der Waals surface area contributed by atoms with E-state index in [-0.39, 0.29) is 34.5 Å². The molecule has 0 aliphatic carbocycles. The Hall–Kier alpha value is -1.03. The molecule has 2 aromatic heterocycles. The first-order valence-electron chi connectivity index (χ1n) is 8.11. The third kappa shape index (κ3) is 6.77. The molecule has 0 amide bonds. The third-order valence-electron chi connectivity index (χ3n) is 3.88. The predicted octanol–water partition coefficient (Wildman–Crippen LogP) is -2.34. The maximum Gasteiger partial charge on any atom is 0.490 e. The Kier molecular flexibility index (Phi) is 8.48. The van der Waals surface area contributed by atoms with Gasteiger partial charge in [0.25, 0.3) is 5.56 Å². The Bertz CT molecular complexity index is 1210. The van der Waals surface area contributed by atoms with Crippen molar-refractivity contribution in [2.45, 2.75) is 24.5 Å². The van der Waals surface area contributed by atoms with Crippen molar-refractivity contribution in [3.63, 3.8) is 0 Å². The monoisotopic (exact) mass is 575 g/mol. The molecule has 186 valence electrons. The molecule has 1 aliphatic rings. The summed E-state index contributed by atoms with van der Waals surface area (Å²) in [7, 11) is -16.8. The first-order valence-corrected chi connectivity index (χ1v) is 12.6. The van der Waals surface area contributed by atoms with Crippen molar-refractivity contribution >= 4 is 40.6 Å². The number of rotatable bonds is 8. The summed E-state index contributed by atoms with van der Waals surface area (Å²) in [6.45, 7) is -1.01. The Balaban J connectivity index is 0.00000385.